The Labute approximate surface area is 185 Å². The van der Waals surface area contributed by atoms with Gasteiger partial charge in [0.25, 0.3) is 0 Å². The molecule has 29 heavy (non-hydrogen) atoms. The largest absolute Gasteiger partial charge is 0.497 e. The predicted molar refractivity (Wildman–Crippen MR) is 118 cm³/mol. The number of benzene rings is 2. The van der Waals surface area contributed by atoms with Crippen LogP contribution < -0.4 is 9.47 Å². The lowest BCUT2D eigenvalue weighted by Crippen LogP contribution is -2.33. The Morgan fingerprint density at radius 1 is 1.07 bits per heavy atom. The lowest BCUT2D eigenvalue weighted by molar-refractivity contribution is -0.0197. The molecule has 3 aromatic rings. The molecule has 0 spiro atoms. The third kappa shape index (κ3) is 3.32. The number of hydrogen-bond acceptors (Lipinski definition) is 5. The van der Waals surface area contributed by atoms with Crippen LogP contribution in [0.15, 0.2) is 75.0 Å². The van der Waals surface area contributed by atoms with Crippen molar-refractivity contribution in [2.75, 3.05) is 7.11 Å². The molecule has 5 rings (SSSR count). The van der Waals surface area contributed by atoms with E-state index >= 15 is 0 Å². The highest BCUT2D eigenvalue weighted by molar-refractivity contribution is 9.11. The van der Waals surface area contributed by atoms with Gasteiger partial charge in [0.05, 0.1) is 23.3 Å². The number of rotatable bonds is 3. The molecule has 0 radical (unpaired) electrons. The van der Waals surface area contributed by atoms with Crippen LogP contribution in [0.3, 0.4) is 0 Å². The first-order chi connectivity index (χ1) is 14.1. The lowest BCUT2D eigenvalue weighted by Gasteiger charge is -2.38. The summed E-state index contributed by atoms with van der Waals surface area (Å²) < 4.78 is 13.7. The van der Waals surface area contributed by atoms with E-state index in [1.807, 2.05) is 30.3 Å². The fourth-order valence-corrected chi connectivity index (χ4v) is 5.17. The van der Waals surface area contributed by atoms with E-state index in [0.29, 0.717) is 0 Å². The second-order valence-electron chi connectivity index (χ2n) is 6.93. The van der Waals surface area contributed by atoms with Crippen molar-refractivity contribution in [2.24, 2.45) is 5.10 Å². The van der Waals surface area contributed by atoms with Gasteiger partial charge >= 0.3 is 0 Å². The van der Waals surface area contributed by atoms with E-state index in [0.717, 1.165) is 49.3 Å². The average Bonchev–Trinajstić information content (AvgIpc) is 3.20. The third-order valence-electron chi connectivity index (χ3n) is 5.22. The summed E-state index contributed by atoms with van der Waals surface area (Å²) in [6.07, 6.45) is 4.05. The molecular formula is C22H17Br2N3O2. The number of ether oxygens (including phenoxy) is 2. The molecule has 2 aliphatic heterocycles. The van der Waals surface area contributed by atoms with Crippen molar-refractivity contribution >= 4 is 37.6 Å². The molecule has 2 aromatic carbocycles. The maximum atomic E-state index is 6.44. The number of fused-ring (bicyclic) bond motifs is 3. The summed E-state index contributed by atoms with van der Waals surface area (Å²) in [6.45, 7) is 0. The van der Waals surface area contributed by atoms with Crippen molar-refractivity contribution in [3.63, 3.8) is 0 Å². The third-order valence-corrected chi connectivity index (χ3v) is 6.27. The van der Waals surface area contributed by atoms with E-state index < -0.39 is 0 Å². The van der Waals surface area contributed by atoms with Crippen molar-refractivity contribution in [2.45, 2.75) is 18.7 Å². The Morgan fingerprint density at radius 2 is 1.83 bits per heavy atom. The molecule has 3 heterocycles. The molecule has 1 aromatic heterocycles. The maximum absolute atomic E-state index is 6.44. The molecule has 0 fully saturated rings. The van der Waals surface area contributed by atoms with Gasteiger partial charge in [0.15, 0.2) is 0 Å². The quantitative estimate of drug-likeness (QED) is 0.439. The van der Waals surface area contributed by atoms with Crippen molar-refractivity contribution in [1.82, 2.24) is 9.99 Å². The zero-order valence-electron chi connectivity index (χ0n) is 15.5. The van der Waals surface area contributed by atoms with Gasteiger partial charge in [-0.05, 0) is 70.0 Å². The van der Waals surface area contributed by atoms with E-state index in [1.165, 1.54) is 0 Å². The summed E-state index contributed by atoms with van der Waals surface area (Å²) in [5.41, 5.74) is 4.25. The minimum Gasteiger partial charge on any atom is -0.497 e. The van der Waals surface area contributed by atoms with Gasteiger partial charge in [-0.1, -0.05) is 15.9 Å². The average molecular weight is 515 g/mol. The summed E-state index contributed by atoms with van der Waals surface area (Å²) in [5, 5.41) is 7.05. The second-order valence-corrected chi connectivity index (χ2v) is 8.70. The zero-order valence-corrected chi connectivity index (χ0v) is 18.7. The summed E-state index contributed by atoms with van der Waals surface area (Å²) in [5.74, 6) is 1.70. The van der Waals surface area contributed by atoms with Gasteiger partial charge in [-0.15, -0.1) is 0 Å². The number of hydrazone groups is 1. The number of halogens is 2. The first kappa shape index (κ1) is 18.6. The van der Waals surface area contributed by atoms with E-state index in [9.17, 15) is 0 Å². The van der Waals surface area contributed by atoms with Crippen LogP contribution in [-0.2, 0) is 0 Å². The van der Waals surface area contributed by atoms with E-state index in [-0.39, 0.29) is 12.3 Å². The maximum Gasteiger partial charge on any atom is 0.214 e. The molecule has 0 unspecified atom stereocenters. The monoisotopic (exact) mass is 513 g/mol. The van der Waals surface area contributed by atoms with E-state index in [4.69, 9.17) is 14.6 Å². The molecule has 146 valence electrons. The van der Waals surface area contributed by atoms with Gasteiger partial charge in [-0.25, -0.2) is 5.01 Å². The SMILES string of the molecule is COc1ccc(C2=NN3[C@H](C2)c2cc(Br)cc(Br)c2O[C@@H]3c2ccncc2)cc1. The van der Waals surface area contributed by atoms with E-state index in [1.54, 1.807) is 19.5 Å². The summed E-state index contributed by atoms with van der Waals surface area (Å²) in [7, 11) is 1.67. The number of hydrogen-bond donors (Lipinski definition) is 0. The first-order valence-corrected chi connectivity index (χ1v) is 10.8. The Kier molecular flexibility index (Phi) is 4.80. The molecule has 5 nitrogen and oxygen atoms in total. The standard InChI is InChI=1S/C22H17Br2N3O2/c1-28-16-4-2-13(3-5-16)19-12-20-17-10-15(23)11-18(24)21(17)29-22(27(20)26-19)14-6-8-25-9-7-14/h2-11,20,22H,12H2,1H3/t20-,22-/m1/s1. The van der Waals surface area contributed by atoms with Gasteiger partial charge in [0, 0.05) is 34.4 Å². The van der Waals surface area contributed by atoms with Crippen molar-refractivity contribution in [1.29, 1.82) is 0 Å². The molecule has 2 aliphatic rings. The van der Waals surface area contributed by atoms with Crippen LogP contribution in [0.2, 0.25) is 0 Å². The van der Waals surface area contributed by atoms with Gasteiger partial charge in [-0.2, -0.15) is 5.10 Å². The Hall–Kier alpha value is -2.38. The highest BCUT2D eigenvalue weighted by Crippen LogP contribution is 2.50. The van der Waals surface area contributed by atoms with Gasteiger partial charge in [0.1, 0.15) is 11.5 Å². The van der Waals surface area contributed by atoms with Gasteiger partial charge in [-0.3, -0.25) is 4.98 Å². The van der Waals surface area contributed by atoms with Crippen LogP contribution in [0.1, 0.15) is 35.4 Å². The minimum atomic E-state index is -0.316. The summed E-state index contributed by atoms with van der Waals surface area (Å²) in [6, 6.07) is 16.2. The van der Waals surface area contributed by atoms with Crippen molar-refractivity contribution in [3.05, 3.63) is 86.6 Å². The number of aromatic nitrogens is 1. The smallest absolute Gasteiger partial charge is 0.214 e. The van der Waals surface area contributed by atoms with Crippen LogP contribution >= 0.6 is 31.9 Å². The molecule has 2 atom stereocenters. The molecule has 0 bridgehead atoms. The molecule has 0 saturated heterocycles. The lowest BCUT2D eigenvalue weighted by atomic mass is 9.96. The highest BCUT2D eigenvalue weighted by atomic mass is 79.9. The number of methoxy groups -OCH3 is 1. The molecule has 0 aliphatic carbocycles. The van der Waals surface area contributed by atoms with E-state index in [2.05, 4.69) is 60.1 Å². The topological polar surface area (TPSA) is 47.0 Å². The predicted octanol–water partition coefficient (Wildman–Crippen LogP) is 5.86. The summed E-state index contributed by atoms with van der Waals surface area (Å²) in [4.78, 5) is 4.14. The minimum absolute atomic E-state index is 0.0859. The number of pyridine rings is 1. The molecule has 7 heteroatoms. The van der Waals surface area contributed by atoms with Crippen molar-refractivity contribution < 1.29 is 9.47 Å². The normalized spacial score (nSPS) is 19.8. The first-order valence-electron chi connectivity index (χ1n) is 9.20. The Morgan fingerprint density at radius 3 is 2.55 bits per heavy atom. The van der Waals surface area contributed by atoms with Crippen LogP contribution in [0, 0.1) is 0 Å². The van der Waals surface area contributed by atoms with Crippen LogP contribution in [0.25, 0.3) is 0 Å². The van der Waals surface area contributed by atoms with Gasteiger partial charge < -0.3 is 9.47 Å². The Balaban J connectivity index is 1.60. The highest BCUT2D eigenvalue weighted by Gasteiger charge is 2.41. The molecular weight excluding hydrogens is 498 g/mol. The summed E-state index contributed by atoms with van der Waals surface area (Å²) >= 11 is 7.28. The molecule has 0 amide bonds. The zero-order chi connectivity index (χ0) is 20.0. The second kappa shape index (κ2) is 7.46. The van der Waals surface area contributed by atoms with Crippen LogP contribution in [0.4, 0.5) is 0 Å². The van der Waals surface area contributed by atoms with Crippen LogP contribution in [0.5, 0.6) is 11.5 Å². The number of nitrogens with zero attached hydrogens (tertiary/aromatic N) is 3. The molecule has 0 N–H and O–H groups in total. The van der Waals surface area contributed by atoms with Crippen LogP contribution in [-0.4, -0.2) is 22.8 Å². The van der Waals surface area contributed by atoms with Gasteiger partial charge in [0.2, 0.25) is 6.23 Å². The Bertz CT molecular complexity index is 1090. The van der Waals surface area contributed by atoms with Crippen molar-refractivity contribution in [3.8, 4) is 11.5 Å². The fourth-order valence-electron chi connectivity index (χ4n) is 3.82. The fraction of sp³-hybridized carbons (Fsp3) is 0.182. The molecule has 0 saturated carbocycles.